The number of halogens is 2. The van der Waals surface area contributed by atoms with Crippen LogP contribution in [0.3, 0.4) is 0 Å². The van der Waals surface area contributed by atoms with E-state index in [0.29, 0.717) is 83.6 Å². The van der Waals surface area contributed by atoms with Gasteiger partial charge in [-0.3, -0.25) is 24.4 Å². The number of carbonyl (C=O) groups is 3. The van der Waals surface area contributed by atoms with Gasteiger partial charge >= 0.3 is 12.1 Å². The highest BCUT2D eigenvalue weighted by atomic mass is 32.1. The van der Waals surface area contributed by atoms with Gasteiger partial charge in [0.15, 0.2) is 24.2 Å². The predicted molar refractivity (Wildman–Crippen MR) is 383 cm³/mol. The Bertz CT molecular complexity index is 4090. The van der Waals surface area contributed by atoms with Crippen molar-refractivity contribution in [2.45, 2.75) is 173 Å². The van der Waals surface area contributed by atoms with Crippen LogP contribution in [-0.4, -0.2) is 173 Å². The summed E-state index contributed by atoms with van der Waals surface area (Å²) in [5, 5.41) is 30.0. The summed E-state index contributed by atoms with van der Waals surface area (Å²) in [5.74, 6) is 3.64. The second-order valence-electron chi connectivity index (χ2n) is 29.3. The number of aliphatic hydroxyl groups is 1. The Morgan fingerprint density at radius 3 is 2.15 bits per heavy atom. The van der Waals surface area contributed by atoms with Gasteiger partial charge in [0.1, 0.15) is 55.2 Å². The van der Waals surface area contributed by atoms with Crippen molar-refractivity contribution in [3.63, 3.8) is 0 Å². The molecule has 5 aliphatic heterocycles. The summed E-state index contributed by atoms with van der Waals surface area (Å²) in [5.41, 5.74) is 9.65. The maximum Gasteiger partial charge on any atom is 0.407 e. The number of methoxy groups -OCH3 is 1. The molecule has 7 aromatic rings. The smallest absolute Gasteiger partial charge is 0.407 e. The van der Waals surface area contributed by atoms with Crippen molar-refractivity contribution in [1.82, 2.24) is 45.1 Å². The van der Waals surface area contributed by atoms with E-state index in [1.807, 2.05) is 68.4 Å². The minimum absolute atomic E-state index is 0.0143. The topological polar surface area (TPSA) is 225 Å². The molecule has 6 atom stereocenters. The van der Waals surface area contributed by atoms with Gasteiger partial charge in [-0.05, 0) is 141 Å². The Balaban J connectivity index is 0.691. The summed E-state index contributed by atoms with van der Waals surface area (Å²) in [6.07, 6.45) is 6.49. The van der Waals surface area contributed by atoms with Crippen molar-refractivity contribution >= 4 is 70.6 Å². The third kappa shape index (κ3) is 14.7. The van der Waals surface area contributed by atoms with E-state index in [-0.39, 0.29) is 107 Å². The number of fused-ring (bicyclic) bond motifs is 4. The van der Waals surface area contributed by atoms with E-state index in [0.717, 1.165) is 80.0 Å². The SMILES string of the molecule is COCOc1cc(-c2ncc3c(N4C[C@H]5CC[C@@H](C4)N5C(=O)O)nc(OCCN4CCC(CC5CCN(c6cc(C(C(=O)N7C[C@H](O)C[C@H]7C(=O)N[C@@H](C)c7ccc(-c8scnc8C)cc7)C(C)C)on6)CC5)CC4)nc3c2F)c2c(C#C[Si](C(C)C)(C(C)C)C(C)C)c(F)ccc2c1. The Labute approximate surface area is 584 Å². The number of β-amino-alcohol motifs (C(OH)–C–C–N with tert-alkyl or cyclic N) is 1. The van der Waals surface area contributed by atoms with Crippen LogP contribution >= 0.6 is 11.3 Å². The van der Waals surface area contributed by atoms with Crippen LogP contribution in [-0.2, 0) is 14.3 Å². The normalized spacial score (nSPS) is 20.2. The molecule has 0 saturated carbocycles. The van der Waals surface area contributed by atoms with E-state index in [4.69, 9.17) is 33.7 Å². The summed E-state index contributed by atoms with van der Waals surface area (Å²) in [4.78, 5) is 70.6. The fraction of sp³-hybridized carbons (Fsp3) is 0.547. The summed E-state index contributed by atoms with van der Waals surface area (Å²) in [7, 11) is -0.854. The number of aromatic nitrogens is 5. The molecule has 3 aromatic carbocycles. The fourth-order valence-corrected chi connectivity index (χ4v) is 22.7. The number of hydrogen-bond acceptors (Lipinski definition) is 17. The quantitative estimate of drug-likeness (QED) is 0.0326. The number of nitrogens with zero attached hydrogens (tertiary/aromatic N) is 10. The molecule has 5 saturated heterocycles. The van der Waals surface area contributed by atoms with Crippen molar-refractivity contribution in [2.24, 2.45) is 17.8 Å². The van der Waals surface area contributed by atoms with E-state index in [1.54, 1.807) is 35.7 Å². The van der Waals surface area contributed by atoms with E-state index >= 15 is 8.78 Å². The number of piperazine rings is 1. The molecule has 3 N–H and O–H groups in total. The van der Waals surface area contributed by atoms with Crippen molar-refractivity contribution in [3.8, 4) is 44.9 Å². The number of ether oxygens (including phenoxy) is 3. The molecule has 4 aromatic heterocycles. The molecule has 3 amide bonds. The third-order valence-electron chi connectivity index (χ3n) is 21.9. The van der Waals surface area contributed by atoms with Crippen LogP contribution in [0.15, 0.2) is 70.8 Å². The fourth-order valence-electron chi connectivity index (χ4n) is 16.7. The first kappa shape index (κ1) is 71.0. The number of nitrogens with one attached hydrogen (secondary N) is 1. The number of pyridine rings is 1. The molecule has 0 radical (unpaired) electrons. The van der Waals surface area contributed by atoms with Crippen LogP contribution in [0.5, 0.6) is 11.8 Å². The van der Waals surface area contributed by atoms with Gasteiger partial charge in [0, 0.05) is 76.0 Å². The summed E-state index contributed by atoms with van der Waals surface area (Å²) >= 11 is 1.59. The van der Waals surface area contributed by atoms with Crippen LogP contribution in [0, 0.1) is 47.8 Å². The van der Waals surface area contributed by atoms with Gasteiger partial charge in [0.25, 0.3) is 0 Å². The molecular weight excluding hydrogens is 1300 g/mol. The number of carboxylic acid groups (broad SMARTS) is 1. The van der Waals surface area contributed by atoms with Crippen molar-refractivity contribution < 1.29 is 52.1 Å². The number of aryl methyl sites for hydroxylation is 1. The zero-order valence-corrected chi connectivity index (χ0v) is 60.7. The Morgan fingerprint density at radius 1 is 0.828 bits per heavy atom. The van der Waals surface area contributed by atoms with Gasteiger partial charge in [-0.2, -0.15) is 9.97 Å². The average molecular weight is 1390 g/mol. The molecule has 2 bridgehead atoms. The molecular formula is C75H95F2N11O9SSi. The van der Waals surface area contributed by atoms with Crippen LogP contribution in [0.1, 0.15) is 148 Å². The molecule has 99 heavy (non-hydrogen) atoms. The molecule has 12 rings (SSSR count). The zero-order valence-electron chi connectivity index (χ0n) is 58.9. The standard InChI is InChI=1S/C75H95F2N11O9SSi/c1-43(2)65(73(91)87-40-56(89)34-62(87)72(90)80-47(9)51-12-14-52(15-13-51)70-48(10)79-41-98-70)63-36-64(83-97-63)85-27-22-50(23-28-85)32-49-20-25-84(26-21-49)29-30-95-74-81-69-60(71(82-74)86-38-54-17-18-55(39-86)88(54)75(92)93)37-78-68(67(69)77)59-35-57(96-42-94-11)33-53-16-19-61(76)58(66(53)59)24-31-99(44(3)4,45(5)6)46(7)8/h12-16,19,33,35-37,41,43-47,49-50,54-56,62,65,89H,17-18,20-23,25-30,32,34,38-40,42H2,1-11H3,(H,80,90)(H,92,93)/t47-,54-,55+,56+,62-,65?/m0/s1. The number of aliphatic hydroxyl groups excluding tert-OH is 1. The first-order valence-corrected chi connectivity index (χ1v) is 38.5. The predicted octanol–water partition coefficient (Wildman–Crippen LogP) is 13.4. The number of anilines is 2. The summed E-state index contributed by atoms with van der Waals surface area (Å²) in [6, 6.07) is 14.7. The lowest BCUT2D eigenvalue weighted by atomic mass is 9.83. The van der Waals surface area contributed by atoms with Gasteiger partial charge in [-0.1, -0.05) is 96.8 Å². The third-order valence-corrected chi connectivity index (χ3v) is 29.2. The lowest BCUT2D eigenvalue weighted by Crippen LogP contribution is -2.55. The minimum atomic E-state index is -2.36. The highest BCUT2D eigenvalue weighted by Crippen LogP contribution is 2.45. The molecule has 9 heterocycles. The van der Waals surface area contributed by atoms with E-state index in [2.05, 4.69) is 78.3 Å². The zero-order chi connectivity index (χ0) is 70.1. The van der Waals surface area contributed by atoms with Gasteiger partial charge in [-0.15, -0.1) is 16.9 Å². The molecule has 0 spiro atoms. The van der Waals surface area contributed by atoms with Gasteiger partial charge in [0.05, 0.1) is 51.3 Å². The van der Waals surface area contributed by atoms with Crippen LogP contribution < -0.4 is 24.6 Å². The van der Waals surface area contributed by atoms with Crippen LogP contribution in [0.4, 0.5) is 25.2 Å². The van der Waals surface area contributed by atoms with Crippen molar-refractivity contribution in [3.05, 3.63) is 101 Å². The van der Waals surface area contributed by atoms with Crippen molar-refractivity contribution in [1.29, 1.82) is 0 Å². The monoisotopic (exact) mass is 1390 g/mol. The van der Waals surface area contributed by atoms with Crippen molar-refractivity contribution in [2.75, 3.05) is 82.7 Å². The number of benzene rings is 3. The van der Waals surface area contributed by atoms with E-state index in [1.165, 1.54) is 23.0 Å². The van der Waals surface area contributed by atoms with Crippen LogP contribution in [0.2, 0.25) is 16.6 Å². The number of thiazole rings is 1. The number of likely N-dealkylation sites (tertiary alicyclic amines) is 2. The van der Waals surface area contributed by atoms with E-state index in [9.17, 15) is 24.6 Å². The van der Waals surface area contributed by atoms with Gasteiger partial charge in [0.2, 0.25) is 11.8 Å². The first-order valence-electron chi connectivity index (χ1n) is 35.4. The first-order chi connectivity index (χ1) is 47.5. The molecule has 5 fully saturated rings. The lowest BCUT2D eigenvalue weighted by Gasteiger charge is -2.40. The van der Waals surface area contributed by atoms with Crippen LogP contribution in [0.25, 0.3) is 43.4 Å². The average Bonchev–Trinajstić information content (AvgIpc) is 0.974. The molecule has 5 aliphatic rings. The molecule has 24 heteroatoms. The Hall–Kier alpha value is -7.82. The lowest BCUT2D eigenvalue weighted by molar-refractivity contribution is -0.141. The maximum atomic E-state index is 18.1. The second-order valence-corrected chi connectivity index (χ2v) is 35.7. The largest absolute Gasteiger partial charge is 0.468 e. The number of carbonyl (C=O) groups excluding carboxylic acids is 2. The number of piperidine rings is 2. The number of hydrogen-bond donors (Lipinski definition) is 3. The summed E-state index contributed by atoms with van der Waals surface area (Å²) in [6.45, 7) is 25.9. The van der Waals surface area contributed by atoms with Gasteiger partial charge < -0.3 is 49.0 Å². The molecule has 528 valence electrons. The molecule has 1 unspecified atom stereocenters. The van der Waals surface area contributed by atoms with E-state index < -0.39 is 43.9 Å². The maximum absolute atomic E-state index is 18.1. The number of amides is 3. The second kappa shape index (κ2) is 30.2. The molecule has 0 aliphatic carbocycles. The summed E-state index contributed by atoms with van der Waals surface area (Å²) < 4.78 is 58.3. The Kier molecular flexibility index (Phi) is 21.6. The number of rotatable bonds is 22. The Morgan fingerprint density at radius 2 is 1.52 bits per heavy atom. The highest BCUT2D eigenvalue weighted by Gasteiger charge is 2.46. The molecule has 20 nitrogen and oxygen atoms in total. The minimum Gasteiger partial charge on any atom is -0.468 e. The highest BCUT2D eigenvalue weighted by molar-refractivity contribution is 7.13. The van der Waals surface area contributed by atoms with Gasteiger partial charge in [-0.25, -0.2) is 18.6 Å².